The van der Waals surface area contributed by atoms with Gasteiger partial charge in [-0.3, -0.25) is 4.79 Å². The van der Waals surface area contributed by atoms with Crippen LogP contribution >= 0.6 is 0 Å². The Bertz CT molecular complexity index is 939. The van der Waals surface area contributed by atoms with Crippen molar-refractivity contribution in [3.05, 3.63) is 77.9 Å². The van der Waals surface area contributed by atoms with E-state index in [1.165, 1.54) is 10.8 Å². The quantitative estimate of drug-likeness (QED) is 0.705. The lowest BCUT2D eigenvalue weighted by Gasteiger charge is -2.13. The number of rotatable bonds is 7. The van der Waals surface area contributed by atoms with Crippen molar-refractivity contribution in [2.24, 2.45) is 0 Å². The summed E-state index contributed by atoms with van der Waals surface area (Å²) >= 11 is 0. The van der Waals surface area contributed by atoms with Crippen LogP contribution in [0, 0.1) is 11.3 Å². The fourth-order valence-corrected chi connectivity index (χ4v) is 2.90. The first-order valence-corrected chi connectivity index (χ1v) is 8.59. The SMILES string of the molecule is N#CCC(=O)NCCc1ccccc1OCc1cccc2ccccc12. The molecule has 0 saturated carbocycles. The molecular weight excluding hydrogens is 324 g/mol. The largest absolute Gasteiger partial charge is 0.489 e. The fourth-order valence-electron chi connectivity index (χ4n) is 2.90. The number of nitrogens with zero attached hydrogens (tertiary/aromatic N) is 1. The van der Waals surface area contributed by atoms with E-state index in [-0.39, 0.29) is 12.3 Å². The monoisotopic (exact) mass is 344 g/mol. The molecule has 0 radical (unpaired) electrons. The van der Waals surface area contributed by atoms with Gasteiger partial charge in [-0.2, -0.15) is 5.26 Å². The Morgan fingerprint density at radius 3 is 2.58 bits per heavy atom. The Balaban J connectivity index is 1.67. The smallest absolute Gasteiger partial charge is 0.234 e. The van der Waals surface area contributed by atoms with Crippen LogP contribution in [0.4, 0.5) is 0 Å². The summed E-state index contributed by atoms with van der Waals surface area (Å²) in [5.41, 5.74) is 2.17. The zero-order chi connectivity index (χ0) is 18.2. The predicted molar refractivity (Wildman–Crippen MR) is 102 cm³/mol. The molecule has 0 spiro atoms. The highest BCUT2D eigenvalue weighted by atomic mass is 16.5. The first-order valence-electron chi connectivity index (χ1n) is 8.59. The second-order valence-corrected chi connectivity index (χ2v) is 5.97. The highest BCUT2D eigenvalue weighted by molar-refractivity contribution is 5.85. The van der Waals surface area contributed by atoms with Crippen molar-refractivity contribution in [3.63, 3.8) is 0 Å². The molecule has 130 valence electrons. The van der Waals surface area contributed by atoms with E-state index in [1.807, 2.05) is 48.5 Å². The number of amides is 1. The molecule has 4 heteroatoms. The summed E-state index contributed by atoms with van der Waals surface area (Å²) < 4.78 is 6.07. The Hall–Kier alpha value is -3.32. The lowest BCUT2D eigenvalue weighted by atomic mass is 10.1. The van der Waals surface area contributed by atoms with Gasteiger partial charge in [0, 0.05) is 6.54 Å². The van der Waals surface area contributed by atoms with Crippen molar-refractivity contribution >= 4 is 16.7 Å². The Morgan fingerprint density at radius 1 is 0.962 bits per heavy atom. The molecular formula is C22H20N2O2. The number of nitriles is 1. The van der Waals surface area contributed by atoms with E-state index in [0.717, 1.165) is 16.9 Å². The topological polar surface area (TPSA) is 62.1 Å². The number of hydrogen-bond donors (Lipinski definition) is 1. The van der Waals surface area contributed by atoms with E-state index in [0.29, 0.717) is 19.6 Å². The second kappa shape index (κ2) is 8.68. The Labute approximate surface area is 153 Å². The van der Waals surface area contributed by atoms with Crippen LogP contribution in [0.15, 0.2) is 66.7 Å². The van der Waals surface area contributed by atoms with Crippen LogP contribution in [-0.2, 0) is 17.8 Å². The van der Waals surface area contributed by atoms with Crippen LogP contribution in [0.2, 0.25) is 0 Å². The van der Waals surface area contributed by atoms with E-state index < -0.39 is 0 Å². The first-order chi connectivity index (χ1) is 12.8. The number of carbonyl (C=O) groups excluding carboxylic acids is 1. The average molecular weight is 344 g/mol. The summed E-state index contributed by atoms with van der Waals surface area (Å²) in [6.45, 7) is 0.967. The number of benzene rings is 3. The van der Waals surface area contributed by atoms with Crippen molar-refractivity contribution in [1.82, 2.24) is 5.32 Å². The van der Waals surface area contributed by atoms with Gasteiger partial charge in [0.1, 0.15) is 18.8 Å². The number of carbonyl (C=O) groups is 1. The molecule has 1 N–H and O–H groups in total. The standard InChI is InChI=1S/C22H20N2O2/c23-14-12-22(25)24-15-13-18-7-2-4-11-21(18)26-16-19-9-5-8-17-6-1-3-10-20(17)19/h1-11H,12-13,15-16H2,(H,24,25). The maximum atomic E-state index is 11.4. The lowest BCUT2D eigenvalue weighted by molar-refractivity contribution is -0.120. The van der Waals surface area contributed by atoms with Gasteiger partial charge in [-0.05, 0) is 34.4 Å². The Kier molecular flexibility index (Phi) is 5.84. The molecule has 0 atom stereocenters. The molecule has 0 fully saturated rings. The summed E-state index contributed by atoms with van der Waals surface area (Å²) in [5.74, 6) is 0.566. The lowest BCUT2D eigenvalue weighted by Crippen LogP contribution is -2.25. The van der Waals surface area contributed by atoms with Crippen LogP contribution in [0.3, 0.4) is 0 Å². The summed E-state index contributed by atoms with van der Waals surface area (Å²) in [5, 5.41) is 13.6. The summed E-state index contributed by atoms with van der Waals surface area (Å²) in [7, 11) is 0. The van der Waals surface area contributed by atoms with Gasteiger partial charge >= 0.3 is 0 Å². The number of ether oxygens (including phenoxy) is 1. The molecule has 0 saturated heterocycles. The number of fused-ring (bicyclic) bond motifs is 1. The van der Waals surface area contributed by atoms with Gasteiger partial charge in [-0.25, -0.2) is 0 Å². The van der Waals surface area contributed by atoms with E-state index in [9.17, 15) is 4.79 Å². The third-order valence-electron chi connectivity index (χ3n) is 4.19. The molecule has 1 amide bonds. The predicted octanol–water partition coefficient (Wildman–Crippen LogP) is 3.99. The molecule has 0 aliphatic carbocycles. The number of hydrogen-bond acceptors (Lipinski definition) is 3. The van der Waals surface area contributed by atoms with Gasteiger partial charge in [0.05, 0.1) is 6.07 Å². The van der Waals surface area contributed by atoms with Crippen LogP contribution in [0.5, 0.6) is 5.75 Å². The van der Waals surface area contributed by atoms with Gasteiger partial charge in [-0.1, -0.05) is 60.7 Å². The zero-order valence-electron chi connectivity index (χ0n) is 14.4. The van der Waals surface area contributed by atoms with E-state index in [4.69, 9.17) is 10.00 Å². The van der Waals surface area contributed by atoms with Crippen molar-refractivity contribution < 1.29 is 9.53 Å². The van der Waals surface area contributed by atoms with Crippen LogP contribution in [-0.4, -0.2) is 12.5 Å². The van der Waals surface area contributed by atoms with Crippen molar-refractivity contribution in [1.29, 1.82) is 5.26 Å². The molecule has 0 aliphatic rings. The minimum absolute atomic E-state index is 0.112. The molecule has 3 aromatic carbocycles. The highest BCUT2D eigenvalue weighted by Crippen LogP contribution is 2.23. The molecule has 0 aromatic heterocycles. The van der Waals surface area contributed by atoms with Gasteiger partial charge in [0.2, 0.25) is 5.91 Å². The van der Waals surface area contributed by atoms with E-state index >= 15 is 0 Å². The molecule has 0 heterocycles. The molecule has 26 heavy (non-hydrogen) atoms. The first kappa shape index (κ1) is 17.5. The van der Waals surface area contributed by atoms with Crippen LogP contribution in [0.25, 0.3) is 10.8 Å². The van der Waals surface area contributed by atoms with Crippen LogP contribution in [0.1, 0.15) is 17.5 Å². The molecule has 3 rings (SSSR count). The minimum Gasteiger partial charge on any atom is -0.489 e. The molecule has 0 aliphatic heterocycles. The molecule has 0 unspecified atom stereocenters. The number of nitrogens with one attached hydrogen (secondary N) is 1. The molecule has 3 aromatic rings. The average Bonchev–Trinajstić information content (AvgIpc) is 2.67. The van der Waals surface area contributed by atoms with Gasteiger partial charge in [-0.15, -0.1) is 0 Å². The summed E-state index contributed by atoms with van der Waals surface area (Å²) in [4.78, 5) is 11.4. The normalized spacial score (nSPS) is 10.3. The van der Waals surface area contributed by atoms with Gasteiger partial charge in [0.25, 0.3) is 0 Å². The van der Waals surface area contributed by atoms with E-state index in [1.54, 1.807) is 0 Å². The second-order valence-electron chi connectivity index (χ2n) is 5.97. The molecule has 4 nitrogen and oxygen atoms in total. The maximum absolute atomic E-state index is 11.4. The third kappa shape index (κ3) is 4.40. The number of para-hydroxylation sites is 1. The fraction of sp³-hybridized carbons (Fsp3) is 0.182. The summed E-state index contributed by atoms with van der Waals surface area (Å²) in [6, 6.07) is 24.1. The van der Waals surface area contributed by atoms with Gasteiger partial charge < -0.3 is 10.1 Å². The van der Waals surface area contributed by atoms with E-state index in [2.05, 4.69) is 29.6 Å². The summed E-state index contributed by atoms with van der Waals surface area (Å²) in [6.07, 6.45) is 0.544. The Morgan fingerprint density at radius 2 is 1.69 bits per heavy atom. The van der Waals surface area contributed by atoms with Crippen molar-refractivity contribution in [3.8, 4) is 11.8 Å². The minimum atomic E-state index is -0.248. The highest BCUT2D eigenvalue weighted by Gasteiger charge is 2.06. The van der Waals surface area contributed by atoms with Crippen molar-refractivity contribution in [2.45, 2.75) is 19.4 Å². The van der Waals surface area contributed by atoms with Crippen molar-refractivity contribution in [2.75, 3.05) is 6.54 Å². The van der Waals surface area contributed by atoms with Gasteiger partial charge in [0.15, 0.2) is 0 Å². The maximum Gasteiger partial charge on any atom is 0.234 e. The third-order valence-corrected chi connectivity index (χ3v) is 4.19. The molecule has 0 bridgehead atoms. The van der Waals surface area contributed by atoms with Crippen LogP contribution < -0.4 is 10.1 Å². The zero-order valence-corrected chi connectivity index (χ0v) is 14.4.